The largest absolute Gasteiger partial charge is 0.488 e. The standard InChI is InChI=1S/C15H15BrN2O2/c1-10-2-7-14(13(8-10)15(17)18-19)20-9-11-3-5-12(16)6-4-11/h2-8,19H,9H2,1H3,(H2,17,18). The zero-order chi connectivity index (χ0) is 14.5. The van der Waals surface area contributed by atoms with Gasteiger partial charge in [-0.1, -0.05) is 44.8 Å². The van der Waals surface area contributed by atoms with Crippen molar-refractivity contribution in [2.24, 2.45) is 10.9 Å². The van der Waals surface area contributed by atoms with Gasteiger partial charge in [0.2, 0.25) is 0 Å². The SMILES string of the molecule is Cc1ccc(OCc2ccc(Br)cc2)c(/C(N)=N/O)c1. The van der Waals surface area contributed by atoms with Crippen LogP contribution in [-0.4, -0.2) is 11.0 Å². The molecule has 2 aromatic rings. The van der Waals surface area contributed by atoms with Crippen molar-refractivity contribution in [2.45, 2.75) is 13.5 Å². The van der Waals surface area contributed by atoms with Crippen LogP contribution < -0.4 is 10.5 Å². The molecule has 0 radical (unpaired) electrons. The van der Waals surface area contributed by atoms with Crippen molar-refractivity contribution in [3.8, 4) is 5.75 Å². The second kappa shape index (κ2) is 6.43. The van der Waals surface area contributed by atoms with Gasteiger partial charge in [-0.3, -0.25) is 0 Å². The van der Waals surface area contributed by atoms with Gasteiger partial charge in [0.1, 0.15) is 12.4 Å². The maximum atomic E-state index is 8.82. The number of hydrogen-bond acceptors (Lipinski definition) is 3. The zero-order valence-corrected chi connectivity index (χ0v) is 12.6. The van der Waals surface area contributed by atoms with E-state index in [4.69, 9.17) is 15.7 Å². The van der Waals surface area contributed by atoms with Gasteiger partial charge in [0.05, 0.1) is 5.56 Å². The fourth-order valence-electron chi connectivity index (χ4n) is 1.77. The summed E-state index contributed by atoms with van der Waals surface area (Å²) in [6.45, 7) is 2.36. The Labute approximate surface area is 126 Å². The monoisotopic (exact) mass is 334 g/mol. The Morgan fingerprint density at radius 1 is 1.25 bits per heavy atom. The number of amidine groups is 1. The van der Waals surface area contributed by atoms with Gasteiger partial charge in [-0.25, -0.2) is 0 Å². The number of benzene rings is 2. The number of rotatable bonds is 4. The molecule has 0 aliphatic rings. The third-order valence-electron chi connectivity index (χ3n) is 2.83. The highest BCUT2D eigenvalue weighted by atomic mass is 79.9. The van der Waals surface area contributed by atoms with E-state index in [9.17, 15) is 0 Å². The summed E-state index contributed by atoms with van der Waals surface area (Å²) in [6.07, 6.45) is 0. The van der Waals surface area contributed by atoms with E-state index < -0.39 is 0 Å². The molecule has 0 amide bonds. The van der Waals surface area contributed by atoms with Crippen LogP contribution in [0.25, 0.3) is 0 Å². The minimum absolute atomic E-state index is 0.0412. The van der Waals surface area contributed by atoms with E-state index in [-0.39, 0.29) is 5.84 Å². The molecule has 20 heavy (non-hydrogen) atoms. The van der Waals surface area contributed by atoms with Gasteiger partial charge in [-0.15, -0.1) is 0 Å². The maximum Gasteiger partial charge on any atom is 0.173 e. The molecule has 0 bridgehead atoms. The Morgan fingerprint density at radius 3 is 2.60 bits per heavy atom. The summed E-state index contributed by atoms with van der Waals surface area (Å²) >= 11 is 3.39. The molecule has 104 valence electrons. The lowest BCUT2D eigenvalue weighted by Gasteiger charge is -2.11. The second-order valence-corrected chi connectivity index (χ2v) is 5.32. The number of ether oxygens (including phenoxy) is 1. The van der Waals surface area contributed by atoms with E-state index in [1.54, 1.807) is 0 Å². The first-order valence-electron chi connectivity index (χ1n) is 6.06. The predicted octanol–water partition coefficient (Wildman–Crippen LogP) is 3.43. The van der Waals surface area contributed by atoms with Crippen LogP contribution in [0.2, 0.25) is 0 Å². The lowest BCUT2D eigenvalue weighted by Crippen LogP contribution is -2.15. The number of halogens is 1. The second-order valence-electron chi connectivity index (χ2n) is 4.40. The van der Waals surface area contributed by atoms with Crippen molar-refractivity contribution in [1.29, 1.82) is 0 Å². The molecular formula is C15H15BrN2O2. The summed E-state index contributed by atoms with van der Waals surface area (Å²) in [5.74, 6) is 0.633. The third-order valence-corrected chi connectivity index (χ3v) is 3.36. The van der Waals surface area contributed by atoms with Crippen molar-refractivity contribution in [1.82, 2.24) is 0 Å². The van der Waals surface area contributed by atoms with Crippen molar-refractivity contribution in [3.05, 3.63) is 63.6 Å². The molecule has 0 atom stereocenters. The Balaban J connectivity index is 2.19. The number of oxime groups is 1. The molecule has 0 spiro atoms. The highest BCUT2D eigenvalue weighted by Gasteiger charge is 2.09. The lowest BCUT2D eigenvalue weighted by atomic mass is 10.1. The summed E-state index contributed by atoms with van der Waals surface area (Å²) in [7, 11) is 0. The Bertz CT molecular complexity index is 624. The summed E-state index contributed by atoms with van der Waals surface area (Å²) in [6, 6.07) is 13.4. The van der Waals surface area contributed by atoms with Crippen LogP contribution in [0.15, 0.2) is 52.1 Å². The molecule has 0 saturated carbocycles. The minimum atomic E-state index is 0.0412. The normalized spacial score (nSPS) is 11.4. The topological polar surface area (TPSA) is 67.8 Å². The highest BCUT2D eigenvalue weighted by Crippen LogP contribution is 2.21. The molecule has 0 heterocycles. The van der Waals surface area contributed by atoms with Crippen molar-refractivity contribution >= 4 is 21.8 Å². The average molecular weight is 335 g/mol. The molecular weight excluding hydrogens is 320 g/mol. The summed E-state index contributed by atoms with van der Waals surface area (Å²) in [5, 5.41) is 11.9. The molecule has 3 N–H and O–H groups in total. The van der Waals surface area contributed by atoms with Gasteiger partial charge in [0.15, 0.2) is 5.84 Å². The van der Waals surface area contributed by atoms with E-state index >= 15 is 0 Å². The van der Waals surface area contributed by atoms with Crippen LogP contribution in [0.4, 0.5) is 0 Å². The van der Waals surface area contributed by atoms with Gasteiger partial charge in [0, 0.05) is 4.47 Å². The molecule has 0 unspecified atom stereocenters. The van der Waals surface area contributed by atoms with Crippen LogP contribution in [0, 0.1) is 6.92 Å². The van der Waals surface area contributed by atoms with Gasteiger partial charge >= 0.3 is 0 Å². The van der Waals surface area contributed by atoms with E-state index in [1.807, 2.05) is 49.4 Å². The molecule has 2 aromatic carbocycles. The van der Waals surface area contributed by atoms with E-state index in [1.165, 1.54) is 0 Å². The summed E-state index contributed by atoms with van der Waals surface area (Å²) in [4.78, 5) is 0. The molecule has 4 nitrogen and oxygen atoms in total. The number of nitrogens with zero attached hydrogens (tertiary/aromatic N) is 1. The fraction of sp³-hybridized carbons (Fsp3) is 0.133. The molecule has 0 aliphatic carbocycles. The van der Waals surface area contributed by atoms with Gasteiger partial charge in [-0.2, -0.15) is 0 Å². The molecule has 0 saturated heterocycles. The number of hydrogen-bond donors (Lipinski definition) is 2. The van der Waals surface area contributed by atoms with Crippen LogP contribution in [-0.2, 0) is 6.61 Å². The number of nitrogens with two attached hydrogens (primary N) is 1. The molecule has 0 aliphatic heterocycles. The predicted molar refractivity (Wildman–Crippen MR) is 82.2 cm³/mol. The van der Waals surface area contributed by atoms with Crippen molar-refractivity contribution < 1.29 is 9.94 Å². The highest BCUT2D eigenvalue weighted by molar-refractivity contribution is 9.10. The first-order valence-corrected chi connectivity index (χ1v) is 6.85. The van der Waals surface area contributed by atoms with Crippen LogP contribution in [0.1, 0.15) is 16.7 Å². The van der Waals surface area contributed by atoms with E-state index in [0.29, 0.717) is 17.9 Å². The Kier molecular flexibility index (Phi) is 4.63. The van der Waals surface area contributed by atoms with Crippen LogP contribution >= 0.6 is 15.9 Å². The van der Waals surface area contributed by atoms with E-state index in [0.717, 1.165) is 15.6 Å². The molecule has 0 aromatic heterocycles. The van der Waals surface area contributed by atoms with Gasteiger partial charge < -0.3 is 15.7 Å². The third kappa shape index (κ3) is 3.51. The van der Waals surface area contributed by atoms with Crippen LogP contribution in [0.3, 0.4) is 0 Å². The average Bonchev–Trinajstić information content (AvgIpc) is 2.46. The first kappa shape index (κ1) is 14.4. The molecule has 5 heteroatoms. The van der Waals surface area contributed by atoms with Crippen molar-refractivity contribution in [3.63, 3.8) is 0 Å². The van der Waals surface area contributed by atoms with E-state index in [2.05, 4.69) is 21.1 Å². The first-order chi connectivity index (χ1) is 9.60. The minimum Gasteiger partial charge on any atom is -0.488 e. The fourth-order valence-corrected chi connectivity index (χ4v) is 2.03. The van der Waals surface area contributed by atoms with Crippen LogP contribution in [0.5, 0.6) is 5.75 Å². The smallest absolute Gasteiger partial charge is 0.173 e. The van der Waals surface area contributed by atoms with Crippen molar-refractivity contribution in [2.75, 3.05) is 0 Å². The summed E-state index contributed by atoms with van der Waals surface area (Å²) < 4.78 is 6.78. The Hall–Kier alpha value is -2.01. The lowest BCUT2D eigenvalue weighted by molar-refractivity contribution is 0.303. The Morgan fingerprint density at radius 2 is 1.95 bits per heavy atom. The molecule has 0 fully saturated rings. The zero-order valence-electron chi connectivity index (χ0n) is 11.0. The van der Waals surface area contributed by atoms with Gasteiger partial charge in [0.25, 0.3) is 0 Å². The quantitative estimate of drug-likeness (QED) is 0.389. The van der Waals surface area contributed by atoms with Gasteiger partial charge in [-0.05, 0) is 36.8 Å². The maximum absolute atomic E-state index is 8.82. The molecule has 2 rings (SSSR count). The summed E-state index contributed by atoms with van der Waals surface area (Å²) in [5.41, 5.74) is 8.31. The number of aryl methyl sites for hydroxylation is 1.